The number of piperidine rings is 1. The van der Waals surface area contributed by atoms with Crippen LogP contribution in [0.15, 0.2) is 24.3 Å². The Morgan fingerprint density at radius 3 is 2.41 bits per heavy atom. The number of nitrogens with zero attached hydrogens (tertiary/aromatic N) is 2. The monoisotopic (exact) mass is 305 g/mol. The number of anilines is 1. The van der Waals surface area contributed by atoms with Gasteiger partial charge in [0.25, 0.3) is 5.69 Å². The quantitative estimate of drug-likeness (QED) is 0.620. The fraction of sp³-hybridized carbons (Fsp3) is 0.625. The molecule has 1 aliphatic carbocycles. The van der Waals surface area contributed by atoms with Crippen LogP contribution in [0, 0.1) is 15.5 Å². The number of nitro groups is 1. The molecule has 0 bridgehead atoms. The summed E-state index contributed by atoms with van der Waals surface area (Å²) in [5, 5.41) is 23.6. The van der Waals surface area contributed by atoms with Crippen molar-refractivity contribution in [3.63, 3.8) is 0 Å². The molecular weight excluding hydrogens is 282 g/mol. The van der Waals surface area contributed by atoms with Crippen molar-refractivity contribution in [2.45, 2.75) is 31.7 Å². The molecule has 2 fully saturated rings. The SMILES string of the molecule is O=[N+]([O-])c1ccc(N2CCC(NCC3(CO)CC3)CC2)cc1. The number of aliphatic hydroxyl groups is 1. The maximum Gasteiger partial charge on any atom is 0.269 e. The van der Waals surface area contributed by atoms with Gasteiger partial charge in [-0.1, -0.05) is 0 Å². The zero-order valence-electron chi connectivity index (χ0n) is 12.7. The molecule has 0 spiro atoms. The second-order valence-corrected chi connectivity index (χ2v) is 6.57. The summed E-state index contributed by atoms with van der Waals surface area (Å²) in [6.07, 6.45) is 4.41. The lowest BCUT2D eigenvalue weighted by atomic mass is 10.0. The first-order chi connectivity index (χ1) is 10.6. The van der Waals surface area contributed by atoms with Gasteiger partial charge in [-0.15, -0.1) is 0 Å². The van der Waals surface area contributed by atoms with Crippen LogP contribution in [0.25, 0.3) is 0 Å². The first-order valence-corrected chi connectivity index (χ1v) is 7.96. The Hall–Kier alpha value is -1.66. The Kier molecular flexibility index (Phi) is 4.31. The molecule has 0 aromatic heterocycles. The molecule has 1 aromatic rings. The topological polar surface area (TPSA) is 78.6 Å². The number of hydrogen-bond donors (Lipinski definition) is 2. The fourth-order valence-electron chi connectivity index (χ4n) is 3.06. The summed E-state index contributed by atoms with van der Waals surface area (Å²) >= 11 is 0. The van der Waals surface area contributed by atoms with Gasteiger partial charge in [0.2, 0.25) is 0 Å². The summed E-state index contributed by atoms with van der Waals surface area (Å²) in [7, 11) is 0. The van der Waals surface area contributed by atoms with Crippen LogP contribution in [0.5, 0.6) is 0 Å². The molecule has 22 heavy (non-hydrogen) atoms. The third-order valence-corrected chi connectivity index (χ3v) is 4.98. The highest BCUT2D eigenvalue weighted by atomic mass is 16.6. The number of rotatable bonds is 6. The average Bonchev–Trinajstić information content (AvgIpc) is 3.34. The molecule has 1 aromatic carbocycles. The Morgan fingerprint density at radius 2 is 1.91 bits per heavy atom. The van der Waals surface area contributed by atoms with Gasteiger partial charge in [-0.05, 0) is 37.8 Å². The molecular formula is C16H23N3O3. The van der Waals surface area contributed by atoms with Crippen molar-refractivity contribution in [2.75, 3.05) is 31.1 Å². The first kappa shape index (κ1) is 15.2. The lowest BCUT2D eigenvalue weighted by Crippen LogP contribution is -2.44. The van der Waals surface area contributed by atoms with Crippen molar-refractivity contribution in [3.05, 3.63) is 34.4 Å². The predicted octanol–water partition coefficient (Wildman–Crippen LogP) is 1.93. The van der Waals surface area contributed by atoms with Gasteiger partial charge in [-0.3, -0.25) is 10.1 Å². The van der Waals surface area contributed by atoms with Crippen molar-refractivity contribution >= 4 is 11.4 Å². The van der Waals surface area contributed by atoms with Gasteiger partial charge in [-0.25, -0.2) is 0 Å². The summed E-state index contributed by atoms with van der Waals surface area (Å²) in [4.78, 5) is 12.6. The summed E-state index contributed by atoms with van der Waals surface area (Å²) in [6.45, 7) is 3.14. The minimum atomic E-state index is -0.366. The van der Waals surface area contributed by atoms with Crippen LogP contribution in [-0.2, 0) is 0 Å². The molecule has 2 aliphatic rings. The maximum absolute atomic E-state index is 10.7. The van der Waals surface area contributed by atoms with Crippen molar-refractivity contribution in [1.82, 2.24) is 5.32 Å². The largest absolute Gasteiger partial charge is 0.396 e. The fourth-order valence-corrected chi connectivity index (χ4v) is 3.06. The van der Waals surface area contributed by atoms with Gasteiger partial charge in [0.05, 0.1) is 4.92 Å². The minimum absolute atomic E-state index is 0.138. The molecule has 6 nitrogen and oxygen atoms in total. The van der Waals surface area contributed by atoms with Crippen molar-refractivity contribution < 1.29 is 10.0 Å². The lowest BCUT2D eigenvalue weighted by Gasteiger charge is -2.34. The van der Waals surface area contributed by atoms with E-state index in [2.05, 4.69) is 10.2 Å². The number of nitrogens with one attached hydrogen (secondary N) is 1. The Labute approximate surface area is 130 Å². The van der Waals surface area contributed by atoms with Gasteiger partial charge in [0.15, 0.2) is 0 Å². The number of non-ortho nitro benzene ring substituents is 1. The van der Waals surface area contributed by atoms with Crippen LogP contribution in [-0.4, -0.2) is 42.3 Å². The highest BCUT2D eigenvalue weighted by Gasteiger charge is 2.42. The van der Waals surface area contributed by atoms with Gasteiger partial charge >= 0.3 is 0 Å². The zero-order chi connectivity index (χ0) is 15.6. The molecule has 3 rings (SSSR count). The van der Waals surface area contributed by atoms with Gasteiger partial charge in [0.1, 0.15) is 0 Å². The Bertz CT molecular complexity index is 520. The van der Waals surface area contributed by atoms with Crippen molar-refractivity contribution in [2.24, 2.45) is 5.41 Å². The third kappa shape index (κ3) is 3.39. The van der Waals surface area contributed by atoms with Crippen LogP contribution >= 0.6 is 0 Å². The smallest absolute Gasteiger partial charge is 0.269 e. The highest BCUT2D eigenvalue weighted by molar-refractivity contribution is 5.51. The first-order valence-electron chi connectivity index (χ1n) is 7.96. The average molecular weight is 305 g/mol. The van der Waals surface area contributed by atoms with Gasteiger partial charge in [0, 0.05) is 55.5 Å². The van der Waals surface area contributed by atoms with Crippen LogP contribution in [0.3, 0.4) is 0 Å². The maximum atomic E-state index is 10.7. The van der Waals surface area contributed by atoms with Crippen LogP contribution < -0.4 is 10.2 Å². The summed E-state index contributed by atoms with van der Waals surface area (Å²) in [6, 6.07) is 7.31. The highest BCUT2D eigenvalue weighted by Crippen LogP contribution is 2.44. The van der Waals surface area contributed by atoms with Gasteiger partial charge < -0.3 is 15.3 Å². The molecule has 0 radical (unpaired) electrons. The Balaban J connectivity index is 1.47. The minimum Gasteiger partial charge on any atom is -0.396 e. The van der Waals surface area contributed by atoms with E-state index in [1.165, 1.54) is 0 Å². The molecule has 0 unspecified atom stereocenters. The zero-order valence-corrected chi connectivity index (χ0v) is 12.7. The second-order valence-electron chi connectivity index (χ2n) is 6.57. The molecule has 120 valence electrons. The predicted molar refractivity (Wildman–Crippen MR) is 85.1 cm³/mol. The summed E-state index contributed by atoms with van der Waals surface area (Å²) < 4.78 is 0. The molecule has 1 heterocycles. The van der Waals surface area contributed by atoms with E-state index in [1.54, 1.807) is 12.1 Å². The standard InChI is InChI=1S/C16H23N3O3/c20-12-16(7-8-16)11-17-13-5-9-18(10-6-13)14-1-3-15(4-2-14)19(21)22/h1-4,13,17,20H,5-12H2. The van der Waals surface area contributed by atoms with Crippen LogP contribution in [0.2, 0.25) is 0 Å². The molecule has 2 N–H and O–H groups in total. The van der Waals surface area contributed by atoms with E-state index < -0.39 is 0 Å². The number of hydrogen-bond acceptors (Lipinski definition) is 5. The molecule has 6 heteroatoms. The van der Waals surface area contributed by atoms with E-state index in [-0.39, 0.29) is 16.0 Å². The molecule has 0 atom stereocenters. The lowest BCUT2D eigenvalue weighted by molar-refractivity contribution is -0.384. The van der Waals surface area contributed by atoms with Crippen molar-refractivity contribution in [1.29, 1.82) is 0 Å². The normalized spacial score (nSPS) is 20.9. The second kappa shape index (κ2) is 6.22. The summed E-state index contributed by atoms with van der Waals surface area (Å²) in [5.74, 6) is 0. The molecule has 1 saturated heterocycles. The number of nitro benzene ring substituents is 1. The van der Waals surface area contributed by atoms with E-state index >= 15 is 0 Å². The van der Waals surface area contributed by atoms with Gasteiger partial charge in [-0.2, -0.15) is 0 Å². The van der Waals surface area contributed by atoms with E-state index in [9.17, 15) is 15.2 Å². The van der Waals surface area contributed by atoms with E-state index in [4.69, 9.17) is 0 Å². The van der Waals surface area contributed by atoms with Crippen LogP contribution in [0.1, 0.15) is 25.7 Å². The number of aliphatic hydroxyl groups excluding tert-OH is 1. The third-order valence-electron chi connectivity index (χ3n) is 4.98. The number of benzene rings is 1. The van der Waals surface area contributed by atoms with Crippen LogP contribution in [0.4, 0.5) is 11.4 Å². The molecule has 0 amide bonds. The molecule has 1 aliphatic heterocycles. The molecule has 1 saturated carbocycles. The Morgan fingerprint density at radius 1 is 1.27 bits per heavy atom. The van der Waals surface area contributed by atoms with Crippen molar-refractivity contribution in [3.8, 4) is 0 Å². The van der Waals surface area contributed by atoms with E-state index in [0.717, 1.165) is 51.0 Å². The van der Waals surface area contributed by atoms with E-state index in [1.807, 2.05) is 12.1 Å². The summed E-state index contributed by atoms with van der Waals surface area (Å²) in [5.41, 5.74) is 1.35. The van der Waals surface area contributed by atoms with E-state index in [0.29, 0.717) is 12.6 Å².